The molecule has 0 saturated carbocycles. The average Bonchev–Trinajstić information content (AvgIpc) is 3.32. The number of pyridine rings is 1. The van der Waals surface area contributed by atoms with Gasteiger partial charge in [0.05, 0.1) is 30.9 Å². The van der Waals surface area contributed by atoms with E-state index in [2.05, 4.69) is 24.0 Å². The molecule has 0 spiro atoms. The van der Waals surface area contributed by atoms with Crippen molar-refractivity contribution in [2.45, 2.75) is 24.2 Å². The Labute approximate surface area is 192 Å². The van der Waals surface area contributed by atoms with Crippen molar-refractivity contribution in [3.63, 3.8) is 0 Å². The van der Waals surface area contributed by atoms with Crippen molar-refractivity contribution in [3.05, 3.63) is 58.7 Å². The number of halogens is 7. The second kappa shape index (κ2) is 7.98. The summed E-state index contributed by atoms with van der Waals surface area (Å²) < 4.78 is 100. The van der Waals surface area contributed by atoms with Crippen LogP contribution in [0.3, 0.4) is 0 Å². The van der Waals surface area contributed by atoms with Gasteiger partial charge in [-0.1, -0.05) is 16.8 Å². The summed E-state index contributed by atoms with van der Waals surface area (Å²) in [6, 6.07) is 5.18. The summed E-state index contributed by atoms with van der Waals surface area (Å²) in [4.78, 5) is 7.47. The molecule has 3 heterocycles. The molecule has 15 heteroatoms. The van der Waals surface area contributed by atoms with Crippen molar-refractivity contribution in [2.75, 3.05) is 6.26 Å². The first kappa shape index (κ1) is 24.0. The summed E-state index contributed by atoms with van der Waals surface area (Å²) in [5.74, 6) is -1.70. The van der Waals surface area contributed by atoms with E-state index in [0.29, 0.717) is 11.8 Å². The quantitative estimate of drug-likeness (QED) is 0.300. The van der Waals surface area contributed by atoms with Gasteiger partial charge in [0.15, 0.2) is 5.82 Å². The predicted octanol–water partition coefficient (Wildman–Crippen LogP) is 6.17. The third-order valence-electron chi connectivity index (χ3n) is 4.62. The number of aromatic nitrogens is 4. The Balaban J connectivity index is 1.77. The lowest BCUT2D eigenvalue weighted by molar-refractivity contribution is -0.159. The van der Waals surface area contributed by atoms with Gasteiger partial charge in [0.1, 0.15) is 5.65 Å². The molecule has 0 radical (unpaired) electrons. The fourth-order valence-electron chi connectivity index (χ4n) is 3.05. The highest BCUT2D eigenvalue weighted by Gasteiger charge is 2.38. The molecule has 4 aromatic rings. The highest BCUT2D eigenvalue weighted by Crippen LogP contribution is 2.35. The molecular formula is C19H12ClF6N5O2S. The maximum atomic E-state index is 13.3. The number of fused-ring (bicyclic) bond motifs is 1. The van der Waals surface area contributed by atoms with Crippen LogP contribution in [0, 0.1) is 6.92 Å². The Morgan fingerprint density at radius 3 is 2.35 bits per heavy atom. The van der Waals surface area contributed by atoms with Crippen LogP contribution in [0.2, 0.25) is 5.02 Å². The van der Waals surface area contributed by atoms with Crippen LogP contribution in [0.25, 0.3) is 17.0 Å². The zero-order chi connectivity index (χ0) is 25.1. The normalized spacial score (nSPS) is 14.4. The molecule has 1 aromatic carbocycles. The minimum atomic E-state index is -4.80. The second-order valence-corrected chi connectivity index (χ2v) is 9.76. The summed E-state index contributed by atoms with van der Waals surface area (Å²) in [6.45, 7) is 1.55. The summed E-state index contributed by atoms with van der Waals surface area (Å²) in [5.41, 5.74) is -0.295. The maximum absolute atomic E-state index is 13.3. The average molecular weight is 524 g/mol. The summed E-state index contributed by atoms with van der Waals surface area (Å²) in [7, 11) is -3.32. The van der Waals surface area contributed by atoms with Crippen LogP contribution in [-0.4, -0.2) is 30.0 Å². The van der Waals surface area contributed by atoms with E-state index in [1.54, 1.807) is 6.92 Å². The minimum absolute atomic E-state index is 0.0976. The highest BCUT2D eigenvalue weighted by atomic mass is 35.5. The van der Waals surface area contributed by atoms with E-state index < -0.39 is 33.5 Å². The van der Waals surface area contributed by atoms with Crippen LogP contribution in [0.5, 0.6) is 0 Å². The molecule has 0 aliphatic carbocycles. The van der Waals surface area contributed by atoms with Crippen molar-refractivity contribution >= 4 is 32.8 Å². The van der Waals surface area contributed by atoms with Crippen molar-refractivity contribution in [1.29, 1.82) is 0 Å². The van der Waals surface area contributed by atoms with Crippen LogP contribution in [0.1, 0.15) is 17.1 Å². The zero-order valence-corrected chi connectivity index (χ0v) is 18.6. The van der Waals surface area contributed by atoms with Crippen LogP contribution in [-0.2, 0) is 22.1 Å². The molecule has 0 aliphatic heterocycles. The largest absolute Gasteiger partial charge is 0.471 e. The van der Waals surface area contributed by atoms with Gasteiger partial charge in [0, 0.05) is 18.0 Å². The minimum Gasteiger partial charge on any atom is -0.329 e. The first-order valence-electron chi connectivity index (χ1n) is 9.16. The summed E-state index contributed by atoms with van der Waals surface area (Å²) in [5, 5.41) is 2.95. The Kier molecular flexibility index (Phi) is 5.63. The van der Waals surface area contributed by atoms with E-state index in [9.17, 15) is 30.6 Å². The number of hydrogen-bond donors (Lipinski definition) is 0. The molecule has 4 rings (SSSR count). The number of imidazole rings is 1. The molecule has 0 aliphatic rings. The monoisotopic (exact) mass is 523 g/mol. The first-order chi connectivity index (χ1) is 15.7. The fourth-order valence-corrected chi connectivity index (χ4v) is 5.05. The van der Waals surface area contributed by atoms with E-state index in [4.69, 9.17) is 11.6 Å². The van der Waals surface area contributed by atoms with Gasteiger partial charge in [0.25, 0.3) is 0 Å². The van der Waals surface area contributed by atoms with Crippen LogP contribution >= 0.6 is 11.6 Å². The fraction of sp³-hybridized carbons (Fsp3) is 0.211. The first-order valence-corrected chi connectivity index (χ1v) is 11.5. The van der Waals surface area contributed by atoms with E-state index >= 15 is 0 Å². The molecule has 3 aromatic heterocycles. The van der Waals surface area contributed by atoms with Crippen LogP contribution in [0.4, 0.5) is 32.2 Å². The van der Waals surface area contributed by atoms with Gasteiger partial charge in [0.2, 0.25) is 5.82 Å². The predicted molar refractivity (Wildman–Crippen MR) is 109 cm³/mol. The van der Waals surface area contributed by atoms with E-state index in [1.807, 2.05) is 0 Å². The van der Waals surface area contributed by atoms with Gasteiger partial charge < -0.3 is 4.52 Å². The highest BCUT2D eigenvalue weighted by molar-refractivity contribution is 7.93. The smallest absolute Gasteiger partial charge is 0.329 e. The molecule has 1 atom stereocenters. The SMILES string of the molecule is Cc1nc2cc(-c3noc(C(F)(F)F)n3)ccn2c1N=S(C)(=O)c1ccc(C(F)(F)F)cc1Cl. The lowest BCUT2D eigenvalue weighted by Crippen LogP contribution is -2.06. The van der Waals surface area contributed by atoms with Gasteiger partial charge in [-0.3, -0.25) is 4.40 Å². The van der Waals surface area contributed by atoms with Gasteiger partial charge in [-0.25, -0.2) is 9.19 Å². The number of aryl methyl sites for hydroxylation is 1. The summed E-state index contributed by atoms with van der Waals surface area (Å²) in [6.07, 6.45) is -6.81. The van der Waals surface area contributed by atoms with Gasteiger partial charge in [-0.05, 0) is 37.3 Å². The van der Waals surface area contributed by atoms with Gasteiger partial charge in [-0.2, -0.15) is 35.7 Å². The molecule has 34 heavy (non-hydrogen) atoms. The molecule has 0 N–H and O–H groups in total. The Bertz CT molecular complexity index is 1530. The van der Waals surface area contributed by atoms with Gasteiger partial charge >= 0.3 is 18.2 Å². The lowest BCUT2D eigenvalue weighted by Gasteiger charge is -2.11. The molecule has 0 fully saturated rings. The van der Waals surface area contributed by atoms with Crippen molar-refractivity contribution in [2.24, 2.45) is 4.36 Å². The van der Waals surface area contributed by atoms with E-state index in [-0.39, 0.29) is 32.8 Å². The molecule has 1 unspecified atom stereocenters. The van der Waals surface area contributed by atoms with Crippen LogP contribution in [0.15, 0.2) is 50.3 Å². The third-order valence-corrected chi connectivity index (χ3v) is 6.74. The Morgan fingerprint density at radius 1 is 1.06 bits per heavy atom. The maximum Gasteiger partial charge on any atom is 0.471 e. The zero-order valence-electron chi connectivity index (χ0n) is 17.1. The number of benzene rings is 1. The molecule has 0 amide bonds. The van der Waals surface area contributed by atoms with E-state index in [1.165, 1.54) is 29.0 Å². The van der Waals surface area contributed by atoms with Crippen molar-refractivity contribution < 1.29 is 35.1 Å². The number of alkyl halides is 6. The molecule has 0 saturated heterocycles. The van der Waals surface area contributed by atoms with Gasteiger partial charge in [-0.15, -0.1) is 0 Å². The van der Waals surface area contributed by atoms with E-state index in [0.717, 1.165) is 12.1 Å². The number of hydrogen-bond acceptors (Lipinski definition) is 6. The molecule has 180 valence electrons. The number of nitrogens with zero attached hydrogens (tertiary/aromatic N) is 5. The second-order valence-electron chi connectivity index (χ2n) is 7.12. The Hall–Kier alpha value is -3.13. The molecular weight excluding hydrogens is 512 g/mol. The standard InChI is InChI=1S/C19H12ClF6N5O2S/c1-9-16(30-34(2,32)13-4-3-11(8-12(13)20)18(21,22)23)31-6-5-10(7-14(31)27-9)15-28-17(33-29-15)19(24,25)26/h3-8H,1-2H3. The molecule has 7 nitrogen and oxygen atoms in total. The third kappa shape index (κ3) is 4.46. The molecule has 0 bridgehead atoms. The van der Waals surface area contributed by atoms with Crippen molar-refractivity contribution in [3.8, 4) is 11.4 Å². The Morgan fingerprint density at radius 2 is 1.76 bits per heavy atom. The summed E-state index contributed by atoms with van der Waals surface area (Å²) >= 11 is 5.98. The topological polar surface area (TPSA) is 85.7 Å². The van der Waals surface area contributed by atoms with Crippen molar-refractivity contribution in [1.82, 2.24) is 19.5 Å². The number of rotatable bonds is 3. The lowest BCUT2D eigenvalue weighted by atomic mass is 10.2. The van der Waals surface area contributed by atoms with Crippen LogP contribution < -0.4 is 0 Å².